The highest BCUT2D eigenvalue weighted by molar-refractivity contribution is 7.80. The van der Waals surface area contributed by atoms with Gasteiger partial charge in [0.15, 0.2) is 10.9 Å². The second-order valence-corrected chi connectivity index (χ2v) is 4.19. The lowest BCUT2D eigenvalue weighted by atomic mass is 10.2. The first-order valence-electron chi connectivity index (χ1n) is 5.86. The monoisotopic (exact) mass is 287 g/mol. The van der Waals surface area contributed by atoms with E-state index in [0.29, 0.717) is 12.2 Å². The van der Waals surface area contributed by atoms with E-state index in [1.165, 1.54) is 18.6 Å². The second-order valence-electron chi connectivity index (χ2n) is 3.81. The number of thiocarbonyl (C=S) groups is 1. The van der Waals surface area contributed by atoms with Crippen molar-refractivity contribution in [3.05, 3.63) is 60.2 Å². The van der Waals surface area contributed by atoms with E-state index in [1.54, 1.807) is 0 Å². The van der Waals surface area contributed by atoms with Crippen LogP contribution in [0.4, 0.5) is 0 Å². The first-order chi connectivity index (χ1) is 9.79. The highest BCUT2D eigenvalue weighted by atomic mass is 32.1. The molecule has 0 aliphatic rings. The average molecular weight is 287 g/mol. The van der Waals surface area contributed by atoms with Gasteiger partial charge < -0.3 is 5.32 Å². The minimum atomic E-state index is 0.142. The normalized spacial score (nSPS) is 10.9. The van der Waals surface area contributed by atoms with E-state index < -0.39 is 0 Å². The summed E-state index contributed by atoms with van der Waals surface area (Å²) in [5, 5.41) is 12.3. The molecule has 0 unspecified atom stereocenters. The highest BCUT2D eigenvalue weighted by Crippen LogP contribution is 1.98. The lowest BCUT2D eigenvalue weighted by molar-refractivity contribution is 0.235. The standard InChI is InChI=1S/C13H13N5OS/c19-18-12(11-9-14-6-7-15-11)17-13(20)16-8-10-4-2-1-3-5-10/h1-7,9,19H,8H2,(H2,16,17,18,20). The Bertz CT molecular complexity index is 588. The van der Waals surface area contributed by atoms with Gasteiger partial charge in [-0.3, -0.25) is 15.7 Å². The molecule has 2 aromatic rings. The molecule has 0 aliphatic heterocycles. The fourth-order valence-electron chi connectivity index (χ4n) is 1.48. The molecule has 0 aliphatic carbocycles. The number of hydrogen-bond donors (Lipinski definition) is 3. The van der Waals surface area contributed by atoms with Crippen molar-refractivity contribution in [3.63, 3.8) is 0 Å². The molecule has 0 bridgehead atoms. The van der Waals surface area contributed by atoms with Crippen LogP contribution in [0.15, 0.2) is 53.9 Å². The van der Waals surface area contributed by atoms with Crippen molar-refractivity contribution in [2.45, 2.75) is 6.54 Å². The fourth-order valence-corrected chi connectivity index (χ4v) is 1.64. The largest absolute Gasteiger partial charge is 0.357 e. The maximum Gasteiger partial charge on any atom is 0.195 e. The van der Waals surface area contributed by atoms with Gasteiger partial charge in [0.05, 0.1) is 6.20 Å². The van der Waals surface area contributed by atoms with E-state index in [9.17, 15) is 0 Å². The molecule has 7 heteroatoms. The zero-order valence-corrected chi connectivity index (χ0v) is 11.3. The third-order valence-corrected chi connectivity index (χ3v) is 2.65. The topological polar surface area (TPSA) is 82.4 Å². The van der Waals surface area contributed by atoms with Crippen molar-refractivity contribution in [2.24, 2.45) is 4.99 Å². The molecule has 1 heterocycles. The molecule has 1 aromatic heterocycles. The Labute approximate surface area is 121 Å². The van der Waals surface area contributed by atoms with Gasteiger partial charge in [-0.1, -0.05) is 30.3 Å². The van der Waals surface area contributed by atoms with Gasteiger partial charge in [0.1, 0.15) is 5.69 Å². The van der Waals surface area contributed by atoms with Crippen molar-refractivity contribution in [1.29, 1.82) is 0 Å². The Morgan fingerprint density at radius 2 is 2.05 bits per heavy atom. The van der Waals surface area contributed by atoms with Gasteiger partial charge in [0, 0.05) is 18.9 Å². The number of aromatic nitrogens is 2. The van der Waals surface area contributed by atoms with Crippen LogP contribution in [0.25, 0.3) is 0 Å². The van der Waals surface area contributed by atoms with E-state index in [0.717, 1.165) is 5.56 Å². The number of aliphatic imine (C=N–C) groups is 1. The predicted octanol–water partition coefficient (Wildman–Crippen LogP) is 1.28. The molecule has 6 nitrogen and oxygen atoms in total. The van der Waals surface area contributed by atoms with Crippen LogP contribution in [0.1, 0.15) is 11.3 Å². The molecule has 1 aromatic carbocycles. The molecule has 3 N–H and O–H groups in total. The molecule has 102 valence electrons. The van der Waals surface area contributed by atoms with E-state index >= 15 is 0 Å². The van der Waals surface area contributed by atoms with E-state index in [2.05, 4.69) is 20.3 Å². The van der Waals surface area contributed by atoms with E-state index in [4.69, 9.17) is 17.4 Å². The van der Waals surface area contributed by atoms with Gasteiger partial charge in [-0.05, 0) is 17.8 Å². The Morgan fingerprint density at radius 3 is 2.70 bits per heavy atom. The number of nitrogens with one attached hydrogen (secondary N) is 2. The SMILES string of the molecule is ON/C(=N\C(=S)NCc1ccccc1)c1cnccn1. The van der Waals surface area contributed by atoms with Crippen molar-refractivity contribution in [2.75, 3.05) is 0 Å². The Balaban J connectivity index is 2.00. The summed E-state index contributed by atoms with van der Waals surface area (Å²) in [4.78, 5) is 12.0. The molecule has 0 saturated heterocycles. The van der Waals surface area contributed by atoms with Gasteiger partial charge >= 0.3 is 0 Å². The third-order valence-electron chi connectivity index (χ3n) is 2.41. The van der Waals surface area contributed by atoms with Crippen LogP contribution in [0.5, 0.6) is 0 Å². The molecule has 0 spiro atoms. The van der Waals surface area contributed by atoms with Crippen LogP contribution in [-0.2, 0) is 6.54 Å². The number of rotatable bonds is 3. The lowest BCUT2D eigenvalue weighted by Crippen LogP contribution is -2.27. The van der Waals surface area contributed by atoms with Gasteiger partial charge in [-0.2, -0.15) is 4.99 Å². The van der Waals surface area contributed by atoms with Crippen LogP contribution < -0.4 is 10.8 Å². The number of hydroxylamine groups is 1. The Hall–Kier alpha value is -2.38. The van der Waals surface area contributed by atoms with E-state index in [1.807, 2.05) is 35.8 Å². The Kier molecular flexibility index (Phi) is 5.10. The summed E-state index contributed by atoms with van der Waals surface area (Å²) in [6, 6.07) is 9.80. The van der Waals surface area contributed by atoms with Gasteiger partial charge in [0.25, 0.3) is 0 Å². The first-order valence-corrected chi connectivity index (χ1v) is 6.27. The molecule has 0 saturated carbocycles. The maximum absolute atomic E-state index is 9.08. The smallest absolute Gasteiger partial charge is 0.195 e. The fraction of sp³-hybridized carbons (Fsp3) is 0.0769. The zero-order chi connectivity index (χ0) is 14.2. The van der Waals surface area contributed by atoms with Crippen LogP contribution in [0.2, 0.25) is 0 Å². The quantitative estimate of drug-likeness (QED) is 0.341. The van der Waals surface area contributed by atoms with Gasteiger partial charge in [-0.15, -0.1) is 0 Å². The molecule has 0 radical (unpaired) electrons. The number of benzene rings is 1. The van der Waals surface area contributed by atoms with Crippen LogP contribution >= 0.6 is 12.2 Å². The average Bonchev–Trinajstić information content (AvgIpc) is 2.52. The van der Waals surface area contributed by atoms with Crippen molar-refractivity contribution >= 4 is 23.2 Å². The number of hydrogen-bond acceptors (Lipinski definition) is 4. The minimum absolute atomic E-state index is 0.142. The van der Waals surface area contributed by atoms with E-state index in [-0.39, 0.29) is 10.9 Å². The summed E-state index contributed by atoms with van der Waals surface area (Å²) in [5.74, 6) is 0.142. The Morgan fingerprint density at radius 1 is 1.25 bits per heavy atom. The molecule has 2 rings (SSSR count). The molecule has 0 atom stereocenters. The van der Waals surface area contributed by atoms with Crippen molar-refractivity contribution in [1.82, 2.24) is 20.8 Å². The van der Waals surface area contributed by atoms with Crippen LogP contribution in [0.3, 0.4) is 0 Å². The van der Waals surface area contributed by atoms with Crippen molar-refractivity contribution in [3.8, 4) is 0 Å². The summed E-state index contributed by atoms with van der Waals surface area (Å²) in [7, 11) is 0. The van der Waals surface area contributed by atoms with Crippen molar-refractivity contribution < 1.29 is 5.21 Å². The summed E-state index contributed by atoms with van der Waals surface area (Å²) in [5.41, 5.74) is 3.46. The summed E-state index contributed by atoms with van der Waals surface area (Å²) < 4.78 is 0. The molecular formula is C13H13N5OS. The highest BCUT2D eigenvalue weighted by Gasteiger charge is 2.05. The molecule has 0 amide bonds. The predicted molar refractivity (Wildman–Crippen MR) is 79.4 cm³/mol. The van der Waals surface area contributed by atoms with Crippen LogP contribution in [0, 0.1) is 0 Å². The summed E-state index contributed by atoms with van der Waals surface area (Å²) in [6.07, 6.45) is 4.51. The maximum atomic E-state index is 9.08. The molecule has 0 fully saturated rings. The second kappa shape index (κ2) is 7.27. The zero-order valence-electron chi connectivity index (χ0n) is 10.5. The number of nitrogens with zero attached hydrogens (tertiary/aromatic N) is 3. The summed E-state index contributed by atoms with van der Waals surface area (Å²) in [6.45, 7) is 0.558. The minimum Gasteiger partial charge on any atom is -0.357 e. The first kappa shape index (κ1) is 14.0. The third kappa shape index (κ3) is 4.08. The summed E-state index contributed by atoms with van der Waals surface area (Å²) >= 11 is 5.10. The molecule has 20 heavy (non-hydrogen) atoms. The van der Waals surface area contributed by atoms with Crippen LogP contribution in [-0.4, -0.2) is 26.1 Å². The molecular weight excluding hydrogens is 274 g/mol. The van der Waals surface area contributed by atoms with Gasteiger partial charge in [-0.25, -0.2) is 4.98 Å². The lowest BCUT2D eigenvalue weighted by Gasteiger charge is -2.06. The van der Waals surface area contributed by atoms with Gasteiger partial charge in [0.2, 0.25) is 0 Å². The number of amidine groups is 1.